The van der Waals surface area contributed by atoms with Gasteiger partial charge in [-0.2, -0.15) is 0 Å². The van der Waals surface area contributed by atoms with Crippen LogP contribution < -0.4 is 10.1 Å². The van der Waals surface area contributed by atoms with Crippen molar-refractivity contribution in [2.75, 3.05) is 6.61 Å². The number of benzene rings is 1. The zero-order chi connectivity index (χ0) is 13.5. The van der Waals surface area contributed by atoms with E-state index in [-0.39, 0.29) is 5.91 Å². The van der Waals surface area contributed by atoms with Crippen LogP contribution in [-0.2, 0) is 6.54 Å². The van der Waals surface area contributed by atoms with Gasteiger partial charge < -0.3 is 10.1 Å². The van der Waals surface area contributed by atoms with Crippen LogP contribution in [0.2, 0.25) is 0 Å². The van der Waals surface area contributed by atoms with Gasteiger partial charge in [0.2, 0.25) is 0 Å². The lowest BCUT2D eigenvalue weighted by Crippen LogP contribution is -2.22. The normalized spacial score (nSPS) is 9.95. The number of nitrogens with one attached hydrogen (secondary N) is 1. The molecule has 4 heteroatoms. The Labute approximate surface area is 112 Å². The third kappa shape index (κ3) is 3.81. The number of hydrogen-bond donors (Lipinski definition) is 1. The predicted octanol–water partition coefficient (Wildman–Crippen LogP) is 2.41. The number of pyridine rings is 1. The van der Waals surface area contributed by atoms with Crippen molar-refractivity contribution in [1.29, 1.82) is 0 Å². The first-order valence-corrected chi connectivity index (χ1v) is 6.19. The number of carbonyl (C=O) groups excluding carboxylic acids is 1. The molecule has 0 aliphatic carbocycles. The Morgan fingerprint density at radius 3 is 2.47 bits per heavy atom. The van der Waals surface area contributed by atoms with Gasteiger partial charge in [0.1, 0.15) is 5.75 Å². The van der Waals surface area contributed by atoms with Crippen molar-refractivity contribution in [3.8, 4) is 5.75 Å². The maximum Gasteiger partial charge on any atom is 0.251 e. The second-order valence-corrected chi connectivity index (χ2v) is 4.00. The van der Waals surface area contributed by atoms with Gasteiger partial charge in [-0.1, -0.05) is 12.1 Å². The highest BCUT2D eigenvalue weighted by molar-refractivity contribution is 5.93. The molecule has 1 aromatic carbocycles. The van der Waals surface area contributed by atoms with Gasteiger partial charge in [0.15, 0.2) is 0 Å². The predicted molar refractivity (Wildman–Crippen MR) is 73.0 cm³/mol. The second kappa shape index (κ2) is 6.54. The van der Waals surface area contributed by atoms with Gasteiger partial charge in [0.05, 0.1) is 6.61 Å². The molecular weight excluding hydrogens is 240 g/mol. The zero-order valence-corrected chi connectivity index (χ0v) is 10.8. The molecule has 2 aromatic rings. The lowest BCUT2D eigenvalue weighted by atomic mass is 10.2. The standard InChI is InChI=1S/C15H16N2O2/c1-2-19-14-5-3-12(4-6-14)11-17-15(18)13-7-9-16-10-8-13/h3-10H,2,11H2,1H3,(H,17,18). The highest BCUT2D eigenvalue weighted by atomic mass is 16.5. The van der Waals surface area contributed by atoms with Crippen molar-refractivity contribution in [3.63, 3.8) is 0 Å². The highest BCUT2D eigenvalue weighted by Gasteiger charge is 2.04. The van der Waals surface area contributed by atoms with Gasteiger partial charge in [-0.05, 0) is 36.8 Å². The van der Waals surface area contributed by atoms with Crippen LogP contribution in [0.1, 0.15) is 22.8 Å². The van der Waals surface area contributed by atoms with E-state index in [1.807, 2.05) is 31.2 Å². The van der Waals surface area contributed by atoms with Gasteiger partial charge in [0, 0.05) is 24.5 Å². The van der Waals surface area contributed by atoms with E-state index >= 15 is 0 Å². The first-order valence-electron chi connectivity index (χ1n) is 6.19. The summed E-state index contributed by atoms with van der Waals surface area (Å²) in [5, 5.41) is 2.86. The summed E-state index contributed by atoms with van der Waals surface area (Å²) in [6.07, 6.45) is 3.21. The molecule has 1 heterocycles. The van der Waals surface area contributed by atoms with Crippen LogP contribution in [-0.4, -0.2) is 17.5 Å². The SMILES string of the molecule is CCOc1ccc(CNC(=O)c2ccncc2)cc1. The third-order valence-electron chi connectivity index (χ3n) is 2.63. The number of aromatic nitrogens is 1. The van der Waals surface area contributed by atoms with Crippen molar-refractivity contribution in [3.05, 3.63) is 59.9 Å². The molecule has 0 aliphatic heterocycles. The minimum absolute atomic E-state index is 0.101. The summed E-state index contributed by atoms with van der Waals surface area (Å²) in [4.78, 5) is 15.7. The summed E-state index contributed by atoms with van der Waals surface area (Å²) in [5.41, 5.74) is 1.65. The minimum Gasteiger partial charge on any atom is -0.494 e. The summed E-state index contributed by atoms with van der Waals surface area (Å²) >= 11 is 0. The Kier molecular flexibility index (Phi) is 4.50. The topological polar surface area (TPSA) is 51.2 Å². The van der Waals surface area contributed by atoms with Gasteiger partial charge in [-0.25, -0.2) is 0 Å². The van der Waals surface area contributed by atoms with Crippen molar-refractivity contribution in [2.45, 2.75) is 13.5 Å². The quantitative estimate of drug-likeness (QED) is 0.893. The molecule has 1 N–H and O–H groups in total. The summed E-state index contributed by atoms with van der Waals surface area (Å²) in [6, 6.07) is 11.1. The molecule has 0 unspecified atom stereocenters. The average molecular weight is 256 g/mol. The maximum atomic E-state index is 11.8. The Morgan fingerprint density at radius 2 is 1.84 bits per heavy atom. The Balaban J connectivity index is 1.90. The van der Waals surface area contributed by atoms with E-state index in [0.29, 0.717) is 18.7 Å². The first kappa shape index (κ1) is 13.1. The fraction of sp³-hybridized carbons (Fsp3) is 0.200. The van der Waals surface area contributed by atoms with Crippen LogP contribution in [0.15, 0.2) is 48.8 Å². The molecule has 0 fully saturated rings. The molecule has 4 nitrogen and oxygen atoms in total. The molecule has 0 saturated heterocycles. The number of hydrogen-bond acceptors (Lipinski definition) is 3. The molecule has 0 radical (unpaired) electrons. The van der Waals surface area contributed by atoms with E-state index < -0.39 is 0 Å². The molecule has 19 heavy (non-hydrogen) atoms. The van der Waals surface area contributed by atoms with E-state index in [4.69, 9.17) is 4.74 Å². The van der Waals surface area contributed by atoms with Gasteiger partial charge in [0.25, 0.3) is 5.91 Å². The molecule has 98 valence electrons. The first-order chi connectivity index (χ1) is 9.29. The molecule has 0 spiro atoms. The second-order valence-electron chi connectivity index (χ2n) is 4.00. The summed E-state index contributed by atoms with van der Waals surface area (Å²) in [5.74, 6) is 0.739. The summed E-state index contributed by atoms with van der Waals surface area (Å²) in [6.45, 7) is 3.09. The van der Waals surface area contributed by atoms with Crippen LogP contribution in [0, 0.1) is 0 Å². The van der Waals surface area contributed by atoms with Crippen LogP contribution in [0.3, 0.4) is 0 Å². The largest absolute Gasteiger partial charge is 0.494 e. The van der Waals surface area contributed by atoms with Crippen LogP contribution >= 0.6 is 0 Å². The smallest absolute Gasteiger partial charge is 0.251 e. The van der Waals surface area contributed by atoms with Crippen molar-refractivity contribution < 1.29 is 9.53 Å². The molecule has 1 aromatic heterocycles. The highest BCUT2D eigenvalue weighted by Crippen LogP contribution is 2.12. The molecule has 0 aliphatic rings. The Hall–Kier alpha value is -2.36. The number of rotatable bonds is 5. The van der Waals surface area contributed by atoms with E-state index in [9.17, 15) is 4.79 Å². The van der Waals surface area contributed by atoms with E-state index in [0.717, 1.165) is 11.3 Å². The Bertz CT molecular complexity index is 524. The van der Waals surface area contributed by atoms with Gasteiger partial charge in [-0.3, -0.25) is 9.78 Å². The molecule has 0 saturated carbocycles. The number of carbonyl (C=O) groups is 1. The summed E-state index contributed by atoms with van der Waals surface area (Å²) in [7, 11) is 0. The van der Waals surface area contributed by atoms with Crippen LogP contribution in [0.25, 0.3) is 0 Å². The minimum atomic E-state index is -0.101. The van der Waals surface area contributed by atoms with E-state index in [1.54, 1.807) is 24.5 Å². The van der Waals surface area contributed by atoms with Crippen LogP contribution in [0.5, 0.6) is 5.75 Å². The van der Waals surface area contributed by atoms with Crippen molar-refractivity contribution in [2.24, 2.45) is 0 Å². The van der Waals surface area contributed by atoms with Crippen LogP contribution in [0.4, 0.5) is 0 Å². The third-order valence-corrected chi connectivity index (χ3v) is 2.63. The maximum absolute atomic E-state index is 11.8. The lowest BCUT2D eigenvalue weighted by molar-refractivity contribution is 0.0951. The fourth-order valence-electron chi connectivity index (χ4n) is 1.66. The van der Waals surface area contributed by atoms with E-state index in [2.05, 4.69) is 10.3 Å². The van der Waals surface area contributed by atoms with Crippen molar-refractivity contribution >= 4 is 5.91 Å². The number of nitrogens with zero attached hydrogens (tertiary/aromatic N) is 1. The van der Waals surface area contributed by atoms with Gasteiger partial charge >= 0.3 is 0 Å². The molecule has 2 rings (SSSR count). The molecular formula is C15H16N2O2. The number of amides is 1. The fourth-order valence-corrected chi connectivity index (χ4v) is 1.66. The van der Waals surface area contributed by atoms with E-state index in [1.165, 1.54) is 0 Å². The lowest BCUT2D eigenvalue weighted by Gasteiger charge is -2.07. The average Bonchev–Trinajstić information content (AvgIpc) is 2.47. The molecule has 0 atom stereocenters. The number of ether oxygens (including phenoxy) is 1. The molecule has 1 amide bonds. The van der Waals surface area contributed by atoms with Gasteiger partial charge in [-0.15, -0.1) is 0 Å². The molecule has 0 bridgehead atoms. The summed E-state index contributed by atoms with van der Waals surface area (Å²) < 4.78 is 5.36. The van der Waals surface area contributed by atoms with Crippen molar-refractivity contribution in [1.82, 2.24) is 10.3 Å². The monoisotopic (exact) mass is 256 g/mol. The zero-order valence-electron chi connectivity index (χ0n) is 10.8. The Morgan fingerprint density at radius 1 is 1.16 bits per heavy atom.